The summed E-state index contributed by atoms with van der Waals surface area (Å²) in [6.07, 6.45) is 1.94. The molecular formula is C14H15N3O4S. The van der Waals surface area contributed by atoms with Crippen LogP contribution in [0.3, 0.4) is 0 Å². The number of nitrogens with two attached hydrogens (primary N) is 1. The fourth-order valence-corrected chi connectivity index (χ4v) is 2.65. The predicted molar refractivity (Wildman–Crippen MR) is 81.5 cm³/mol. The van der Waals surface area contributed by atoms with Gasteiger partial charge >= 0.3 is 0 Å². The first kappa shape index (κ1) is 15.9. The summed E-state index contributed by atoms with van der Waals surface area (Å²) in [5.41, 5.74) is 7.00. The maximum absolute atomic E-state index is 11.8. The Kier molecular flexibility index (Phi) is 4.41. The highest BCUT2D eigenvalue weighted by molar-refractivity contribution is 7.91. The molecule has 0 aliphatic carbocycles. The van der Waals surface area contributed by atoms with Gasteiger partial charge in [0.25, 0.3) is 0 Å². The molecule has 7 nitrogen and oxygen atoms in total. The third-order valence-electron chi connectivity index (χ3n) is 3.15. The average molecular weight is 321 g/mol. The highest BCUT2D eigenvalue weighted by Crippen LogP contribution is 2.32. The molecule has 1 aromatic heterocycles. The molecule has 0 fully saturated rings. The smallest absolute Gasteiger partial charge is 0.249 e. The molecule has 0 amide bonds. The minimum Gasteiger partial charge on any atom is -0.496 e. The predicted octanol–water partition coefficient (Wildman–Crippen LogP) is 1.34. The molecule has 0 aliphatic rings. The first-order valence-electron chi connectivity index (χ1n) is 6.42. The van der Waals surface area contributed by atoms with Crippen molar-refractivity contribution in [3.63, 3.8) is 0 Å². The van der Waals surface area contributed by atoms with Crippen LogP contribution in [-0.2, 0) is 9.84 Å². The summed E-state index contributed by atoms with van der Waals surface area (Å²) < 4.78 is 28.7. The van der Waals surface area contributed by atoms with Gasteiger partial charge in [-0.05, 0) is 6.07 Å². The van der Waals surface area contributed by atoms with Crippen LogP contribution in [0.15, 0.2) is 29.6 Å². The van der Waals surface area contributed by atoms with Crippen LogP contribution in [0.25, 0.3) is 11.1 Å². The average Bonchev–Trinajstić information content (AvgIpc) is 2.53. The Bertz CT molecular complexity index is 819. The van der Waals surface area contributed by atoms with Crippen molar-refractivity contribution in [1.82, 2.24) is 9.97 Å². The summed E-state index contributed by atoms with van der Waals surface area (Å²) in [5.74, 6) is 0.250. The number of benzene rings is 1. The van der Waals surface area contributed by atoms with Crippen molar-refractivity contribution in [2.75, 3.05) is 18.6 Å². The number of nitrogen functional groups attached to an aromatic ring is 1. The lowest BCUT2D eigenvalue weighted by atomic mass is 10.0. The molecule has 2 N–H and O–H groups in total. The first-order valence-corrected chi connectivity index (χ1v) is 8.07. The van der Waals surface area contributed by atoms with E-state index in [0.29, 0.717) is 28.7 Å². The van der Waals surface area contributed by atoms with Crippen LogP contribution < -0.4 is 10.5 Å². The van der Waals surface area contributed by atoms with Crippen molar-refractivity contribution in [3.8, 4) is 16.9 Å². The van der Waals surface area contributed by atoms with Gasteiger partial charge in [0, 0.05) is 17.3 Å². The summed E-state index contributed by atoms with van der Waals surface area (Å²) in [4.78, 5) is 19.0. The Morgan fingerprint density at radius 1 is 1.32 bits per heavy atom. The van der Waals surface area contributed by atoms with E-state index in [0.717, 1.165) is 0 Å². The molecule has 0 aliphatic heterocycles. The number of carbonyl (C=O) groups excluding carboxylic acids is 1. The maximum atomic E-state index is 11.8. The van der Waals surface area contributed by atoms with Gasteiger partial charge in [0.2, 0.25) is 15.0 Å². The summed E-state index contributed by atoms with van der Waals surface area (Å²) in [7, 11) is -2.10. The number of methoxy groups -OCH3 is 1. The third kappa shape index (κ3) is 2.77. The number of nitrogens with zero attached hydrogens (tertiary/aromatic N) is 2. The van der Waals surface area contributed by atoms with E-state index in [-0.39, 0.29) is 16.7 Å². The molecule has 0 radical (unpaired) electrons. The zero-order chi connectivity index (χ0) is 16.3. The van der Waals surface area contributed by atoms with Crippen LogP contribution in [-0.4, -0.2) is 37.5 Å². The van der Waals surface area contributed by atoms with Gasteiger partial charge in [-0.15, -0.1) is 0 Å². The van der Waals surface area contributed by atoms with Crippen LogP contribution in [0, 0.1) is 0 Å². The molecule has 0 saturated carbocycles. The van der Waals surface area contributed by atoms with Crippen molar-refractivity contribution in [2.24, 2.45) is 0 Å². The largest absolute Gasteiger partial charge is 0.496 e. The van der Waals surface area contributed by atoms with Crippen molar-refractivity contribution in [3.05, 3.63) is 30.0 Å². The summed E-state index contributed by atoms with van der Waals surface area (Å²) in [6, 6.07) is 4.99. The highest BCUT2D eigenvalue weighted by atomic mass is 32.2. The zero-order valence-corrected chi connectivity index (χ0v) is 12.9. The van der Waals surface area contributed by atoms with Gasteiger partial charge in [-0.3, -0.25) is 4.79 Å². The fraction of sp³-hybridized carbons (Fsp3) is 0.214. The molecule has 2 rings (SSSR count). The second-order valence-electron chi connectivity index (χ2n) is 4.39. The number of sulfone groups is 1. The number of aldehydes is 1. The van der Waals surface area contributed by atoms with Gasteiger partial charge < -0.3 is 10.5 Å². The molecule has 0 unspecified atom stereocenters. The Balaban J connectivity index is 2.63. The van der Waals surface area contributed by atoms with Crippen molar-refractivity contribution < 1.29 is 17.9 Å². The van der Waals surface area contributed by atoms with Crippen LogP contribution in [0.5, 0.6) is 5.75 Å². The molecular weight excluding hydrogens is 306 g/mol. The fourth-order valence-electron chi connectivity index (χ4n) is 1.94. The second-order valence-corrected chi connectivity index (χ2v) is 6.57. The molecule has 0 bridgehead atoms. The van der Waals surface area contributed by atoms with Gasteiger partial charge in [0.05, 0.1) is 18.4 Å². The minimum atomic E-state index is -3.54. The summed E-state index contributed by atoms with van der Waals surface area (Å²) >= 11 is 0. The molecule has 8 heteroatoms. The second kappa shape index (κ2) is 6.10. The summed E-state index contributed by atoms with van der Waals surface area (Å²) in [5, 5.41) is -0.327. The molecule has 0 atom stereocenters. The van der Waals surface area contributed by atoms with Crippen LogP contribution in [0.1, 0.15) is 17.3 Å². The highest BCUT2D eigenvalue weighted by Gasteiger charge is 2.19. The van der Waals surface area contributed by atoms with Crippen molar-refractivity contribution in [2.45, 2.75) is 12.1 Å². The van der Waals surface area contributed by atoms with E-state index in [1.165, 1.54) is 20.2 Å². The lowest BCUT2D eigenvalue weighted by Gasteiger charge is -2.11. The van der Waals surface area contributed by atoms with E-state index < -0.39 is 9.84 Å². The lowest BCUT2D eigenvalue weighted by Crippen LogP contribution is -2.11. The number of ether oxygens (including phenoxy) is 1. The molecule has 22 heavy (non-hydrogen) atoms. The number of hydrogen-bond donors (Lipinski definition) is 1. The SMILES string of the molecule is CCS(=O)(=O)c1ncc(-c2cccc(OC)c2C=O)c(N)n1. The van der Waals surface area contributed by atoms with Crippen molar-refractivity contribution in [1.29, 1.82) is 0 Å². The van der Waals surface area contributed by atoms with E-state index >= 15 is 0 Å². The Labute approximate surface area is 128 Å². The molecule has 1 aromatic carbocycles. The van der Waals surface area contributed by atoms with Crippen molar-refractivity contribution >= 4 is 21.9 Å². The third-order valence-corrected chi connectivity index (χ3v) is 4.66. The number of hydrogen-bond acceptors (Lipinski definition) is 7. The Hall–Kier alpha value is -2.48. The molecule has 2 aromatic rings. The quantitative estimate of drug-likeness (QED) is 0.653. The van der Waals surface area contributed by atoms with E-state index in [1.54, 1.807) is 18.2 Å². The van der Waals surface area contributed by atoms with Crippen LogP contribution in [0.2, 0.25) is 0 Å². The lowest BCUT2D eigenvalue weighted by molar-refractivity contribution is 0.112. The number of aromatic nitrogens is 2. The number of rotatable bonds is 5. The summed E-state index contributed by atoms with van der Waals surface area (Å²) in [6.45, 7) is 1.50. The molecule has 1 heterocycles. The van der Waals surface area contributed by atoms with E-state index in [2.05, 4.69) is 9.97 Å². The monoisotopic (exact) mass is 321 g/mol. The van der Waals surface area contributed by atoms with E-state index in [4.69, 9.17) is 10.5 Å². The topological polar surface area (TPSA) is 112 Å². The normalized spacial score (nSPS) is 11.2. The van der Waals surface area contributed by atoms with Gasteiger partial charge in [-0.1, -0.05) is 19.1 Å². The Morgan fingerprint density at radius 3 is 2.59 bits per heavy atom. The zero-order valence-electron chi connectivity index (χ0n) is 12.1. The van der Waals surface area contributed by atoms with Gasteiger partial charge in [0.1, 0.15) is 11.6 Å². The molecule has 0 spiro atoms. The van der Waals surface area contributed by atoms with Gasteiger partial charge in [0.15, 0.2) is 6.29 Å². The first-order chi connectivity index (χ1) is 10.4. The number of anilines is 1. The van der Waals surface area contributed by atoms with E-state index in [1.807, 2.05) is 0 Å². The minimum absolute atomic E-state index is 0.0154. The Morgan fingerprint density at radius 2 is 2.05 bits per heavy atom. The standard InChI is InChI=1S/C14H15N3O4S/c1-3-22(19,20)14-16-7-10(13(15)17-14)9-5-4-6-12(21-2)11(9)8-18/h4-8H,3H2,1-2H3,(H2,15,16,17). The number of carbonyl (C=O) groups is 1. The molecule has 0 saturated heterocycles. The maximum Gasteiger partial charge on any atom is 0.249 e. The van der Waals surface area contributed by atoms with Gasteiger partial charge in [-0.25, -0.2) is 18.4 Å². The van der Waals surface area contributed by atoms with E-state index in [9.17, 15) is 13.2 Å². The van der Waals surface area contributed by atoms with Gasteiger partial charge in [-0.2, -0.15) is 0 Å². The molecule has 116 valence electrons. The van der Waals surface area contributed by atoms with Crippen LogP contribution >= 0.6 is 0 Å². The van der Waals surface area contributed by atoms with Crippen LogP contribution in [0.4, 0.5) is 5.82 Å².